The summed E-state index contributed by atoms with van der Waals surface area (Å²) in [6.07, 6.45) is 0. The van der Waals surface area contributed by atoms with Crippen molar-refractivity contribution in [3.8, 4) is 0 Å². The Morgan fingerprint density at radius 3 is 2.06 bits per heavy atom. The minimum Gasteiger partial charge on any atom is -0.341 e. The molecule has 0 fully saturated rings. The van der Waals surface area contributed by atoms with Gasteiger partial charge in [0.1, 0.15) is 0 Å². The zero-order valence-corrected chi connectivity index (χ0v) is 12.1. The molecule has 0 atom stereocenters. The van der Waals surface area contributed by atoms with E-state index in [4.69, 9.17) is 23.2 Å². The lowest BCUT2D eigenvalue weighted by Gasteiger charge is -2.26. The van der Waals surface area contributed by atoms with E-state index in [0.29, 0.717) is 16.6 Å². The third-order valence-electron chi connectivity index (χ3n) is 2.33. The fraction of sp³-hybridized carbons (Fsp3) is 0.462. The number of hydrogen-bond acceptors (Lipinski definition) is 1. The largest absolute Gasteiger partial charge is 0.341 e. The third kappa shape index (κ3) is 4.21. The number of benzene rings is 1. The Bertz CT molecular complexity index is 404. The molecule has 1 aromatic rings. The Hall–Kier alpha value is -0.730. The lowest BCUT2D eigenvalue weighted by atomic mass is 9.95. The number of amides is 1. The zero-order valence-electron chi connectivity index (χ0n) is 10.6. The average Bonchev–Trinajstić information content (AvgIpc) is 2.13. The number of nitrogens with zero attached hydrogens (tertiary/aromatic N) is 1. The quantitative estimate of drug-likeness (QED) is 0.798. The number of carbonyl (C=O) groups excluding carboxylic acids is 1. The molecule has 0 heterocycles. The van der Waals surface area contributed by atoms with Crippen molar-refractivity contribution >= 4 is 29.1 Å². The summed E-state index contributed by atoms with van der Waals surface area (Å²) in [6.45, 7) is 6.21. The van der Waals surface area contributed by atoms with Gasteiger partial charge < -0.3 is 4.90 Å². The molecule has 1 rings (SSSR count). The summed E-state index contributed by atoms with van der Waals surface area (Å²) in [7, 11) is 1.78. The lowest BCUT2D eigenvalue weighted by molar-refractivity contribution is -0.138. The maximum Gasteiger partial charge on any atom is 0.227 e. The van der Waals surface area contributed by atoms with Gasteiger partial charge in [0.25, 0.3) is 0 Å². The van der Waals surface area contributed by atoms with Crippen molar-refractivity contribution in [1.82, 2.24) is 4.90 Å². The molecule has 4 heteroatoms. The first kappa shape index (κ1) is 14.3. The molecule has 0 aliphatic heterocycles. The summed E-state index contributed by atoms with van der Waals surface area (Å²) < 4.78 is 0. The first-order chi connectivity index (χ1) is 7.70. The van der Waals surface area contributed by atoms with Crippen LogP contribution in [0.15, 0.2) is 18.2 Å². The van der Waals surface area contributed by atoms with E-state index < -0.39 is 0 Å². The first-order valence-corrected chi connectivity index (χ1v) is 6.16. The van der Waals surface area contributed by atoms with Gasteiger partial charge in [0.05, 0.1) is 0 Å². The SMILES string of the molecule is CN(Cc1cc(Cl)cc(Cl)c1)C(=O)C(C)(C)C. The van der Waals surface area contributed by atoms with Crippen molar-refractivity contribution in [3.63, 3.8) is 0 Å². The monoisotopic (exact) mass is 273 g/mol. The molecule has 0 bridgehead atoms. The second-order valence-electron chi connectivity index (χ2n) is 5.19. The van der Waals surface area contributed by atoms with Crippen LogP contribution in [-0.4, -0.2) is 17.9 Å². The fourth-order valence-electron chi connectivity index (χ4n) is 1.62. The van der Waals surface area contributed by atoms with E-state index >= 15 is 0 Å². The standard InChI is InChI=1S/C13H17Cl2NO/c1-13(2,3)12(17)16(4)8-9-5-10(14)7-11(15)6-9/h5-7H,8H2,1-4H3. The molecule has 0 aliphatic rings. The van der Waals surface area contributed by atoms with Crippen LogP contribution in [-0.2, 0) is 11.3 Å². The van der Waals surface area contributed by atoms with E-state index in [9.17, 15) is 4.79 Å². The highest BCUT2D eigenvalue weighted by Gasteiger charge is 2.24. The second kappa shape index (κ2) is 5.28. The van der Waals surface area contributed by atoms with Crippen LogP contribution in [0.2, 0.25) is 10.0 Å². The number of rotatable bonds is 2. The molecule has 0 aromatic heterocycles. The van der Waals surface area contributed by atoms with Gasteiger partial charge >= 0.3 is 0 Å². The molecule has 0 saturated heterocycles. The van der Waals surface area contributed by atoms with Crippen LogP contribution in [0.1, 0.15) is 26.3 Å². The van der Waals surface area contributed by atoms with E-state index in [1.807, 2.05) is 32.9 Å². The molecule has 17 heavy (non-hydrogen) atoms. The van der Waals surface area contributed by atoms with E-state index in [1.54, 1.807) is 18.0 Å². The Morgan fingerprint density at radius 2 is 1.65 bits per heavy atom. The van der Waals surface area contributed by atoms with E-state index in [1.165, 1.54) is 0 Å². The molecular formula is C13H17Cl2NO. The van der Waals surface area contributed by atoms with E-state index in [2.05, 4.69) is 0 Å². The van der Waals surface area contributed by atoms with Crippen LogP contribution in [0.4, 0.5) is 0 Å². The van der Waals surface area contributed by atoms with Crippen LogP contribution in [0, 0.1) is 5.41 Å². The van der Waals surface area contributed by atoms with Gasteiger partial charge in [-0.15, -0.1) is 0 Å². The third-order valence-corrected chi connectivity index (χ3v) is 2.77. The zero-order chi connectivity index (χ0) is 13.2. The Morgan fingerprint density at radius 1 is 1.18 bits per heavy atom. The molecule has 0 spiro atoms. The molecule has 0 aliphatic carbocycles. The van der Waals surface area contributed by atoms with E-state index in [0.717, 1.165) is 5.56 Å². The summed E-state index contributed by atoms with van der Waals surface area (Å²) in [4.78, 5) is 13.7. The molecule has 1 amide bonds. The van der Waals surface area contributed by atoms with Crippen molar-refractivity contribution in [2.24, 2.45) is 5.41 Å². The smallest absolute Gasteiger partial charge is 0.227 e. The summed E-state index contributed by atoms with van der Waals surface area (Å²) in [6, 6.07) is 5.32. The van der Waals surface area contributed by atoms with Crippen molar-refractivity contribution in [2.45, 2.75) is 27.3 Å². The summed E-state index contributed by atoms with van der Waals surface area (Å²) in [5.74, 6) is 0.0913. The molecule has 2 nitrogen and oxygen atoms in total. The van der Waals surface area contributed by atoms with Crippen molar-refractivity contribution in [2.75, 3.05) is 7.05 Å². The van der Waals surface area contributed by atoms with Gasteiger partial charge in [0, 0.05) is 29.1 Å². The molecule has 0 saturated carbocycles. The molecule has 0 unspecified atom stereocenters. The van der Waals surface area contributed by atoms with Gasteiger partial charge in [0.15, 0.2) is 0 Å². The van der Waals surface area contributed by atoms with Crippen LogP contribution >= 0.6 is 23.2 Å². The number of hydrogen-bond donors (Lipinski definition) is 0. The van der Waals surface area contributed by atoms with Crippen LogP contribution in [0.25, 0.3) is 0 Å². The molecular weight excluding hydrogens is 257 g/mol. The second-order valence-corrected chi connectivity index (χ2v) is 6.06. The number of halogens is 2. The van der Waals surface area contributed by atoms with Gasteiger partial charge in [-0.1, -0.05) is 44.0 Å². The molecule has 0 radical (unpaired) electrons. The van der Waals surface area contributed by atoms with Crippen LogP contribution < -0.4 is 0 Å². The fourth-order valence-corrected chi connectivity index (χ4v) is 2.19. The highest BCUT2D eigenvalue weighted by molar-refractivity contribution is 6.34. The number of carbonyl (C=O) groups is 1. The minimum atomic E-state index is -0.378. The average molecular weight is 274 g/mol. The van der Waals surface area contributed by atoms with Gasteiger partial charge in [-0.2, -0.15) is 0 Å². The Kier molecular flexibility index (Phi) is 4.45. The van der Waals surface area contributed by atoms with Gasteiger partial charge in [-0.05, 0) is 23.8 Å². The first-order valence-electron chi connectivity index (χ1n) is 5.40. The van der Waals surface area contributed by atoms with Crippen molar-refractivity contribution in [3.05, 3.63) is 33.8 Å². The van der Waals surface area contributed by atoms with Gasteiger partial charge in [-0.3, -0.25) is 4.79 Å². The van der Waals surface area contributed by atoms with Gasteiger partial charge in [0.2, 0.25) is 5.91 Å². The highest BCUT2D eigenvalue weighted by Crippen LogP contribution is 2.22. The molecule has 94 valence electrons. The molecule has 1 aromatic carbocycles. The Labute approximate surface area is 113 Å². The van der Waals surface area contributed by atoms with Crippen molar-refractivity contribution in [1.29, 1.82) is 0 Å². The molecule has 0 N–H and O–H groups in total. The maximum absolute atomic E-state index is 12.0. The maximum atomic E-state index is 12.0. The normalized spacial score (nSPS) is 11.4. The van der Waals surface area contributed by atoms with Crippen molar-refractivity contribution < 1.29 is 4.79 Å². The predicted octanol–water partition coefficient (Wildman–Crippen LogP) is 4.00. The predicted molar refractivity (Wildman–Crippen MR) is 72.4 cm³/mol. The topological polar surface area (TPSA) is 20.3 Å². The Balaban J connectivity index is 2.81. The lowest BCUT2D eigenvalue weighted by Crippen LogP contribution is -2.36. The van der Waals surface area contributed by atoms with Gasteiger partial charge in [-0.25, -0.2) is 0 Å². The summed E-state index contributed by atoms with van der Waals surface area (Å²) >= 11 is 11.8. The van der Waals surface area contributed by atoms with E-state index in [-0.39, 0.29) is 11.3 Å². The highest BCUT2D eigenvalue weighted by atomic mass is 35.5. The summed E-state index contributed by atoms with van der Waals surface area (Å²) in [5, 5.41) is 1.17. The van der Waals surface area contributed by atoms with Crippen LogP contribution in [0.5, 0.6) is 0 Å². The van der Waals surface area contributed by atoms with Crippen LogP contribution in [0.3, 0.4) is 0 Å². The summed E-state index contributed by atoms with van der Waals surface area (Å²) in [5.41, 5.74) is 0.555. The minimum absolute atomic E-state index is 0.0913.